The standard InChI is InChI=1S/C17H25NO5S/c18-15(19)5-3-1-2-4-6-17(22)24(23)14-10-7-13(8-11-14)9-12-16(20)21/h7-8,10-11,17,22H,1-6,9,12H2,(H2,18,19)(H,20,21). The molecular formula is C17H25NO5S. The van der Waals surface area contributed by atoms with E-state index in [4.69, 9.17) is 10.8 Å². The second kappa shape index (κ2) is 10.9. The summed E-state index contributed by atoms with van der Waals surface area (Å²) in [7, 11) is -1.50. The predicted molar refractivity (Wildman–Crippen MR) is 91.7 cm³/mol. The summed E-state index contributed by atoms with van der Waals surface area (Å²) in [5.41, 5.74) is 4.99. The molecule has 2 atom stereocenters. The molecule has 24 heavy (non-hydrogen) atoms. The van der Waals surface area contributed by atoms with Crippen LogP contribution in [0, 0.1) is 0 Å². The topological polar surface area (TPSA) is 118 Å². The number of carboxylic acids is 1. The van der Waals surface area contributed by atoms with Crippen LogP contribution in [0.3, 0.4) is 0 Å². The average Bonchev–Trinajstić information content (AvgIpc) is 2.55. The molecule has 0 aromatic heterocycles. The predicted octanol–water partition coefficient (Wildman–Crippen LogP) is 1.96. The maximum atomic E-state index is 12.2. The average molecular weight is 355 g/mol. The number of rotatable bonds is 12. The fraction of sp³-hybridized carbons (Fsp3) is 0.529. The second-order valence-electron chi connectivity index (χ2n) is 5.71. The van der Waals surface area contributed by atoms with Crippen LogP contribution in [0.4, 0.5) is 0 Å². The Bertz CT molecular complexity index is 559. The van der Waals surface area contributed by atoms with Crippen LogP contribution >= 0.6 is 0 Å². The van der Waals surface area contributed by atoms with Crippen LogP contribution in [0.2, 0.25) is 0 Å². The molecule has 0 saturated carbocycles. The van der Waals surface area contributed by atoms with Gasteiger partial charge in [-0.25, -0.2) is 0 Å². The Morgan fingerprint density at radius 3 is 2.25 bits per heavy atom. The van der Waals surface area contributed by atoms with Crippen LogP contribution < -0.4 is 5.73 Å². The summed E-state index contributed by atoms with van der Waals surface area (Å²) in [4.78, 5) is 21.7. The van der Waals surface area contributed by atoms with Gasteiger partial charge in [0.15, 0.2) is 0 Å². The summed E-state index contributed by atoms with van der Waals surface area (Å²) >= 11 is 0. The van der Waals surface area contributed by atoms with Crippen LogP contribution in [0.15, 0.2) is 29.2 Å². The number of nitrogens with two attached hydrogens (primary N) is 1. The highest BCUT2D eigenvalue weighted by Gasteiger charge is 2.15. The van der Waals surface area contributed by atoms with Crippen LogP contribution in [-0.2, 0) is 26.8 Å². The number of hydrogen-bond acceptors (Lipinski definition) is 4. The zero-order valence-corrected chi connectivity index (χ0v) is 14.5. The lowest BCUT2D eigenvalue weighted by Crippen LogP contribution is -2.14. The minimum Gasteiger partial charge on any atom is -0.481 e. The number of aryl methyl sites for hydroxylation is 1. The molecule has 7 heteroatoms. The van der Waals surface area contributed by atoms with E-state index in [1.807, 2.05) is 0 Å². The van der Waals surface area contributed by atoms with Crippen molar-refractivity contribution in [2.75, 3.05) is 0 Å². The molecule has 0 radical (unpaired) electrons. The third-order valence-electron chi connectivity index (χ3n) is 3.65. The zero-order chi connectivity index (χ0) is 17.9. The van der Waals surface area contributed by atoms with Crippen molar-refractivity contribution < 1.29 is 24.0 Å². The zero-order valence-electron chi connectivity index (χ0n) is 13.6. The van der Waals surface area contributed by atoms with Gasteiger partial charge in [-0.2, -0.15) is 0 Å². The summed E-state index contributed by atoms with van der Waals surface area (Å²) in [6, 6.07) is 6.83. The summed E-state index contributed by atoms with van der Waals surface area (Å²) < 4.78 is 12.2. The Kier molecular flexibility index (Phi) is 9.26. The van der Waals surface area contributed by atoms with Gasteiger partial charge in [0.05, 0.1) is 10.8 Å². The molecule has 0 aliphatic carbocycles. The minimum absolute atomic E-state index is 0.0564. The molecule has 1 aromatic carbocycles. The smallest absolute Gasteiger partial charge is 0.303 e. The first-order valence-corrected chi connectivity index (χ1v) is 9.29. The normalized spacial score (nSPS) is 13.4. The highest BCUT2D eigenvalue weighted by Crippen LogP contribution is 2.17. The van der Waals surface area contributed by atoms with Gasteiger partial charge in [0.25, 0.3) is 0 Å². The van der Waals surface area contributed by atoms with E-state index in [1.54, 1.807) is 24.3 Å². The lowest BCUT2D eigenvalue weighted by atomic mass is 10.1. The van der Waals surface area contributed by atoms with Gasteiger partial charge in [-0.3, -0.25) is 13.8 Å². The number of hydrogen-bond donors (Lipinski definition) is 3. The molecular weight excluding hydrogens is 330 g/mol. The molecule has 1 aromatic rings. The molecule has 1 amide bonds. The van der Waals surface area contributed by atoms with E-state index in [1.165, 1.54) is 0 Å². The Morgan fingerprint density at radius 2 is 1.67 bits per heavy atom. The van der Waals surface area contributed by atoms with E-state index in [9.17, 15) is 18.9 Å². The number of benzene rings is 1. The number of aliphatic carboxylic acids is 1. The SMILES string of the molecule is NC(=O)CCCCCCC(O)S(=O)c1ccc(CCC(=O)O)cc1. The van der Waals surface area contributed by atoms with Crippen molar-refractivity contribution in [3.63, 3.8) is 0 Å². The number of amides is 1. The summed E-state index contributed by atoms with van der Waals surface area (Å²) in [5.74, 6) is -1.16. The lowest BCUT2D eigenvalue weighted by Gasteiger charge is -2.11. The van der Waals surface area contributed by atoms with E-state index >= 15 is 0 Å². The summed E-state index contributed by atoms with van der Waals surface area (Å²) in [5, 5.41) is 18.7. The molecule has 0 aliphatic rings. The molecule has 0 spiro atoms. The molecule has 0 heterocycles. The maximum absolute atomic E-state index is 12.2. The van der Waals surface area contributed by atoms with Gasteiger partial charge < -0.3 is 15.9 Å². The Labute approximate surface area is 144 Å². The third-order valence-corrected chi connectivity index (χ3v) is 5.12. The van der Waals surface area contributed by atoms with E-state index in [2.05, 4.69) is 0 Å². The highest BCUT2D eigenvalue weighted by molar-refractivity contribution is 7.85. The summed E-state index contributed by atoms with van der Waals surface area (Å²) in [6.07, 6.45) is 4.49. The third kappa shape index (κ3) is 8.21. The van der Waals surface area contributed by atoms with Crippen LogP contribution in [0.5, 0.6) is 0 Å². The first-order valence-electron chi connectivity index (χ1n) is 8.08. The Morgan fingerprint density at radius 1 is 1.04 bits per heavy atom. The van der Waals surface area contributed by atoms with E-state index < -0.39 is 22.2 Å². The van der Waals surface area contributed by atoms with Gasteiger partial charge >= 0.3 is 5.97 Å². The molecule has 2 unspecified atom stereocenters. The first-order chi connectivity index (χ1) is 11.4. The van der Waals surface area contributed by atoms with Gasteiger partial charge in [0, 0.05) is 17.7 Å². The Hall–Kier alpha value is -1.73. The molecule has 0 aliphatic heterocycles. The molecule has 4 N–H and O–H groups in total. The van der Waals surface area contributed by atoms with Gasteiger partial charge in [-0.05, 0) is 43.4 Å². The van der Waals surface area contributed by atoms with Crippen molar-refractivity contribution in [3.8, 4) is 0 Å². The second-order valence-corrected chi connectivity index (χ2v) is 7.32. The van der Waals surface area contributed by atoms with Crippen molar-refractivity contribution in [2.45, 2.75) is 61.7 Å². The van der Waals surface area contributed by atoms with E-state index in [0.717, 1.165) is 31.2 Å². The van der Waals surface area contributed by atoms with Crippen molar-refractivity contribution in [3.05, 3.63) is 29.8 Å². The minimum atomic E-state index is -1.50. The van der Waals surface area contributed by atoms with Gasteiger partial charge in [0.1, 0.15) is 5.44 Å². The van der Waals surface area contributed by atoms with Crippen molar-refractivity contribution in [1.82, 2.24) is 0 Å². The molecule has 0 bridgehead atoms. The number of carbonyl (C=O) groups excluding carboxylic acids is 1. The number of unbranched alkanes of at least 4 members (excludes halogenated alkanes) is 3. The van der Waals surface area contributed by atoms with Crippen molar-refractivity contribution >= 4 is 22.7 Å². The lowest BCUT2D eigenvalue weighted by molar-refractivity contribution is -0.137. The Balaban J connectivity index is 2.34. The maximum Gasteiger partial charge on any atom is 0.303 e. The largest absolute Gasteiger partial charge is 0.481 e. The van der Waals surface area contributed by atoms with Gasteiger partial charge in [-0.1, -0.05) is 25.0 Å². The van der Waals surface area contributed by atoms with Gasteiger partial charge in [0.2, 0.25) is 5.91 Å². The molecule has 134 valence electrons. The number of primary amides is 1. The fourth-order valence-corrected chi connectivity index (χ4v) is 3.38. The molecule has 0 fully saturated rings. The number of aliphatic hydroxyl groups excluding tert-OH is 1. The van der Waals surface area contributed by atoms with Crippen molar-refractivity contribution in [2.24, 2.45) is 5.73 Å². The number of carbonyl (C=O) groups is 2. The number of aliphatic hydroxyl groups is 1. The van der Waals surface area contributed by atoms with E-state index in [0.29, 0.717) is 24.2 Å². The van der Waals surface area contributed by atoms with Crippen molar-refractivity contribution in [1.29, 1.82) is 0 Å². The van der Waals surface area contributed by atoms with E-state index in [-0.39, 0.29) is 12.3 Å². The highest BCUT2D eigenvalue weighted by atomic mass is 32.2. The molecule has 1 rings (SSSR count). The van der Waals surface area contributed by atoms with Crippen LogP contribution in [-0.4, -0.2) is 31.7 Å². The first kappa shape index (κ1) is 20.3. The monoisotopic (exact) mass is 355 g/mol. The fourth-order valence-electron chi connectivity index (χ4n) is 2.28. The molecule has 6 nitrogen and oxygen atoms in total. The van der Waals surface area contributed by atoms with Crippen LogP contribution in [0.1, 0.15) is 50.5 Å². The van der Waals surface area contributed by atoms with Crippen LogP contribution in [0.25, 0.3) is 0 Å². The van der Waals surface area contributed by atoms with Gasteiger partial charge in [-0.15, -0.1) is 0 Å². The molecule has 0 saturated heterocycles. The summed E-state index contributed by atoms with van der Waals surface area (Å²) in [6.45, 7) is 0. The number of carboxylic acid groups (broad SMARTS) is 1. The quantitative estimate of drug-likeness (QED) is 0.495.